The summed E-state index contributed by atoms with van der Waals surface area (Å²) in [4.78, 5) is 25.2. The van der Waals surface area contributed by atoms with E-state index in [1.165, 1.54) is 6.42 Å². The molecule has 2 amide bonds. The van der Waals surface area contributed by atoms with Crippen molar-refractivity contribution in [1.82, 2.24) is 14.7 Å². The molecule has 1 aromatic carbocycles. The molecule has 0 aliphatic heterocycles. The molecule has 0 saturated heterocycles. The van der Waals surface area contributed by atoms with Gasteiger partial charge in [0.05, 0.1) is 11.4 Å². The van der Waals surface area contributed by atoms with Crippen LogP contribution in [-0.4, -0.2) is 21.4 Å². The molecule has 0 bridgehead atoms. The van der Waals surface area contributed by atoms with E-state index in [1.807, 2.05) is 44.3 Å². The Morgan fingerprint density at radius 1 is 1.16 bits per heavy atom. The van der Waals surface area contributed by atoms with Crippen LogP contribution >= 0.6 is 0 Å². The summed E-state index contributed by atoms with van der Waals surface area (Å²) in [6.45, 7) is 4.00. The van der Waals surface area contributed by atoms with Crippen LogP contribution in [0.3, 0.4) is 0 Å². The lowest BCUT2D eigenvalue weighted by Gasteiger charge is -2.29. The first kappa shape index (κ1) is 17.3. The van der Waals surface area contributed by atoms with E-state index in [0.717, 1.165) is 30.6 Å². The number of hydrogen-bond donors (Lipinski definition) is 2. The van der Waals surface area contributed by atoms with Crippen LogP contribution in [0, 0.1) is 12.8 Å². The van der Waals surface area contributed by atoms with E-state index in [0.29, 0.717) is 11.6 Å². The summed E-state index contributed by atoms with van der Waals surface area (Å²) in [5.74, 6) is 0.470. The molecule has 2 unspecified atom stereocenters. The van der Waals surface area contributed by atoms with Crippen LogP contribution in [-0.2, 0) is 7.05 Å². The molecule has 25 heavy (non-hydrogen) atoms. The molecule has 1 aromatic heterocycles. The molecule has 1 heterocycles. The van der Waals surface area contributed by atoms with Gasteiger partial charge < -0.3 is 10.6 Å². The van der Waals surface area contributed by atoms with E-state index in [9.17, 15) is 9.59 Å². The third-order valence-electron chi connectivity index (χ3n) is 5.22. The molecule has 0 spiro atoms. The number of carbonyl (C=O) groups is 1. The van der Waals surface area contributed by atoms with Crippen molar-refractivity contribution < 1.29 is 4.79 Å². The zero-order valence-corrected chi connectivity index (χ0v) is 15.1. The average Bonchev–Trinajstić information content (AvgIpc) is 2.81. The SMILES string of the molecule is Cc1c(NC(=O)NC2CCCCC2C)c(=O)n(-c2ccccc2)n1C. The minimum Gasteiger partial charge on any atom is -0.335 e. The number of urea groups is 1. The normalized spacial score (nSPS) is 20.3. The highest BCUT2D eigenvalue weighted by Crippen LogP contribution is 2.23. The van der Waals surface area contributed by atoms with Crippen LogP contribution in [0.25, 0.3) is 5.69 Å². The standard InChI is InChI=1S/C19H26N4O2/c1-13-9-7-8-12-16(13)20-19(25)21-17-14(2)22(3)23(18(17)24)15-10-5-4-6-11-15/h4-6,10-11,13,16H,7-9,12H2,1-3H3,(H2,20,21,25). The monoisotopic (exact) mass is 342 g/mol. The van der Waals surface area contributed by atoms with Gasteiger partial charge in [0.15, 0.2) is 0 Å². The van der Waals surface area contributed by atoms with Gasteiger partial charge >= 0.3 is 6.03 Å². The maximum atomic E-state index is 12.8. The minimum absolute atomic E-state index is 0.175. The van der Waals surface area contributed by atoms with Crippen LogP contribution in [0.15, 0.2) is 35.1 Å². The summed E-state index contributed by atoms with van der Waals surface area (Å²) in [7, 11) is 1.82. The predicted molar refractivity (Wildman–Crippen MR) is 99.3 cm³/mol. The lowest BCUT2D eigenvalue weighted by Crippen LogP contribution is -2.43. The Labute approximate surface area is 147 Å². The van der Waals surface area contributed by atoms with Crippen LogP contribution in [0.5, 0.6) is 0 Å². The molecule has 1 aliphatic rings. The third kappa shape index (κ3) is 3.48. The Morgan fingerprint density at radius 2 is 1.84 bits per heavy atom. The molecule has 0 radical (unpaired) electrons. The van der Waals surface area contributed by atoms with Gasteiger partial charge in [-0.05, 0) is 37.8 Å². The highest BCUT2D eigenvalue weighted by molar-refractivity contribution is 5.90. The van der Waals surface area contributed by atoms with Crippen molar-refractivity contribution in [3.63, 3.8) is 0 Å². The Hall–Kier alpha value is -2.50. The fourth-order valence-electron chi connectivity index (χ4n) is 3.56. The Morgan fingerprint density at radius 3 is 2.52 bits per heavy atom. The van der Waals surface area contributed by atoms with Gasteiger partial charge in [0.2, 0.25) is 0 Å². The topological polar surface area (TPSA) is 68.1 Å². The zero-order chi connectivity index (χ0) is 18.0. The first-order chi connectivity index (χ1) is 12.0. The summed E-state index contributed by atoms with van der Waals surface area (Å²) in [5.41, 5.74) is 1.60. The smallest absolute Gasteiger partial charge is 0.319 e. The predicted octanol–water partition coefficient (Wildman–Crippen LogP) is 3.18. The lowest BCUT2D eigenvalue weighted by atomic mass is 9.86. The van der Waals surface area contributed by atoms with Crippen molar-refractivity contribution in [2.24, 2.45) is 13.0 Å². The van der Waals surface area contributed by atoms with Crippen LogP contribution in [0.4, 0.5) is 10.5 Å². The van der Waals surface area contributed by atoms with Gasteiger partial charge in [-0.25, -0.2) is 9.48 Å². The molecule has 134 valence electrons. The Balaban J connectivity index is 1.81. The Kier molecular flexibility index (Phi) is 4.97. The molecule has 2 atom stereocenters. The number of para-hydroxylation sites is 1. The molecule has 3 rings (SSSR count). The van der Waals surface area contributed by atoms with Crippen molar-refractivity contribution in [1.29, 1.82) is 0 Å². The number of nitrogens with one attached hydrogen (secondary N) is 2. The van der Waals surface area contributed by atoms with Gasteiger partial charge in [-0.1, -0.05) is 38.0 Å². The minimum atomic E-state index is -0.301. The molecular formula is C19H26N4O2. The number of carbonyl (C=O) groups excluding carboxylic acids is 1. The molecule has 1 fully saturated rings. The van der Waals surface area contributed by atoms with Crippen LogP contribution in [0.2, 0.25) is 0 Å². The van der Waals surface area contributed by atoms with Crippen molar-refractivity contribution in [2.75, 3.05) is 5.32 Å². The maximum absolute atomic E-state index is 12.8. The molecule has 2 aromatic rings. The third-order valence-corrected chi connectivity index (χ3v) is 5.22. The molecule has 6 heteroatoms. The van der Waals surface area contributed by atoms with Crippen molar-refractivity contribution >= 4 is 11.7 Å². The van der Waals surface area contributed by atoms with Gasteiger partial charge in [-0.2, -0.15) is 0 Å². The molecule has 6 nitrogen and oxygen atoms in total. The van der Waals surface area contributed by atoms with Crippen LogP contribution in [0.1, 0.15) is 38.3 Å². The highest BCUT2D eigenvalue weighted by atomic mass is 16.2. The zero-order valence-electron chi connectivity index (χ0n) is 15.1. The summed E-state index contributed by atoms with van der Waals surface area (Å²) in [5, 5.41) is 5.81. The fraction of sp³-hybridized carbons (Fsp3) is 0.474. The quantitative estimate of drug-likeness (QED) is 0.899. The van der Waals surface area contributed by atoms with Gasteiger partial charge in [0.25, 0.3) is 5.56 Å². The number of aromatic nitrogens is 2. The number of amides is 2. The van der Waals surface area contributed by atoms with Gasteiger partial charge in [-0.15, -0.1) is 0 Å². The first-order valence-electron chi connectivity index (χ1n) is 8.90. The molecule has 1 saturated carbocycles. The first-order valence-corrected chi connectivity index (χ1v) is 8.90. The summed E-state index contributed by atoms with van der Waals surface area (Å²) in [6.07, 6.45) is 4.49. The van der Waals surface area contributed by atoms with E-state index in [1.54, 1.807) is 9.36 Å². The second-order valence-electron chi connectivity index (χ2n) is 6.90. The van der Waals surface area contributed by atoms with E-state index < -0.39 is 0 Å². The highest BCUT2D eigenvalue weighted by Gasteiger charge is 2.24. The van der Waals surface area contributed by atoms with Crippen molar-refractivity contribution in [3.05, 3.63) is 46.4 Å². The average molecular weight is 342 g/mol. The van der Waals surface area contributed by atoms with Crippen LogP contribution < -0.4 is 16.2 Å². The number of anilines is 1. The summed E-state index contributed by atoms with van der Waals surface area (Å²) in [6, 6.07) is 9.28. The Bertz CT molecular complexity index is 807. The second-order valence-corrected chi connectivity index (χ2v) is 6.90. The summed E-state index contributed by atoms with van der Waals surface area (Å²) >= 11 is 0. The number of benzene rings is 1. The van der Waals surface area contributed by atoms with E-state index >= 15 is 0 Å². The number of nitrogens with zero attached hydrogens (tertiary/aromatic N) is 2. The maximum Gasteiger partial charge on any atom is 0.319 e. The van der Waals surface area contributed by atoms with Gasteiger partial charge in [-0.3, -0.25) is 9.48 Å². The summed E-state index contributed by atoms with van der Waals surface area (Å²) < 4.78 is 3.32. The van der Waals surface area contributed by atoms with E-state index in [-0.39, 0.29) is 17.6 Å². The van der Waals surface area contributed by atoms with Crippen molar-refractivity contribution in [3.8, 4) is 5.69 Å². The number of rotatable bonds is 3. The largest absolute Gasteiger partial charge is 0.335 e. The van der Waals surface area contributed by atoms with Gasteiger partial charge in [0.1, 0.15) is 5.69 Å². The van der Waals surface area contributed by atoms with Crippen molar-refractivity contribution in [2.45, 2.75) is 45.6 Å². The fourth-order valence-corrected chi connectivity index (χ4v) is 3.56. The lowest BCUT2D eigenvalue weighted by molar-refractivity contribution is 0.232. The molecule has 2 N–H and O–H groups in total. The van der Waals surface area contributed by atoms with E-state index in [2.05, 4.69) is 17.6 Å². The van der Waals surface area contributed by atoms with Gasteiger partial charge in [0, 0.05) is 13.1 Å². The second kappa shape index (κ2) is 7.17. The molecule has 1 aliphatic carbocycles. The molecular weight excluding hydrogens is 316 g/mol. The number of hydrogen-bond acceptors (Lipinski definition) is 2. The van der Waals surface area contributed by atoms with E-state index in [4.69, 9.17) is 0 Å².